The maximum Gasteiger partial charge on any atom is 0.336 e. The first kappa shape index (κ1) is 19.4. The van der Waals surface area contributed by atoms with Crippen LogP contribution in [0.15, 0.2) is 39.5 Å². The van der Waals surface area contributed by atoms with E-state index in [9.17, 15) is 9.59 Å². The van der Waals surface area contributed by atoms with E-state index in [1.807, 2.05) is 0 Å². The number of amides is 1. The first-order valence-electron chi connectivity index (χ1n) is 9.33. The van der Waals surface area contributed by atoms with Crippen molar-refractivity contribution in [3.8, 4) is 5.75 Å². The molecule has 3 rings (SSSR count). The van der Waals surface area contributed by atoms with Gasteiger partial charge >= 0.3 is 5.63 Å². The van der Waals surface area contributed by atoms with Crippen molar-refractivity contribution < 1.29 is 13.9 Å². The van der Waals surface area contributed by atoms with E-state index in [1.54, 1.807) is 31.2 Å². The van der Waals surface area contributed by atoms with Crippen molar-refractivity contribution in [2.45, 2.75) is 70.7 Å². The van der Waals surface area contributed by atoms with Crippen LogP contribution >= 0.6 is 0 Å². The molecule has 1 amide bonds. The average molecular weight is 372 g/mol. The lowest BCUT2D eigenvalue weighted by Crippen LogP contribution is -2.62. The Morgan fingerprint density at radius 2 is 1.81 bits per heavy atom. The van der Waals surface area contributed by atoms with Gasteiger partial charge in [-0.3, -0.25) is 4.79 Å². The second kappa shape index (κ2) is 7.00. The number of piperidine rings is 1. The van der Waals surface area contributed by atoms with E-state index in [1.165, 1.54) is 6.07 Å². The van der Waals surface area contributed by atoms with Gasteiger partial charge in [-0.1, -0.05) is 0 Å². The number of fused-ring (bicyclic) bond motifs is 1. The number of hydrogen-bond acceptors (Lipinski definition) is 5. The predicted octanol–water partition coefficient (Wildman–Crippen LogP) is 2.99. The van der Waals surface area contributed by atoms with Gasteiger partial charge in [-0.25, -0.2) is 4.79 Å². The number of ether oxygens (including phenoxy) is 1. The summed E-state index contributed by atoms with van der Waals surface area (Å²) in [4.78, 5) is 24.0. The molecule has 0 unspecified atom stereocenters. The quantitative estimate of drug-likeness (QED) is 0.807. The van der Waals surface area contributed by atoms with Crippen LogP contribution in [0.2, 0.25) is 0 Å². The highest BCUT2D eigenvalue weighted by atomic mass is 16.5. The molecule has 6 heteroatoms. The SMILES string of the molecule is C[C@@H](Oc1ccc2ccc(=O)oc2c1)C(=O)NC1CC(C)(C)NC(C)(C)C1. The summed E-state index contributed by atoms with van der Waals surface area (Å²) < 4.78 is 10.9. The number of hydrogen-bond donors (Lipinski definition) is 2. The van der Waals surface area contributed by atoms with E-state index < -0.39 is 11.7 Å². The summed E-state index contributed by atoms with van der Waals surface area (Å²) in [6.07, 6.45) is 1.06. The topological polar surface area (TPSA) is 80.6 Å². The molecule has 1 aliphatic rings. The van der Waals surface area contributed by atoms with Crippen LogP contribution in [0.3, 0.4) is 0 Å². The number of rotatable bonds is 4. The molecule has 146 valence electrons. The molecule has 1 aromatic heterocycles. The Morgan fingerprint density at radius 3 is 2.48 bits per heavy atom. The zero-order chi connectivity index (χ0) is 19.8. The summed E-state index contributed by atoms with van der Waals surface area (Å²) in [5, 5.41) is 7.53. The largest absolute Gasteiger partial charge is 0.481 e. The molecule has 27 heavy (non-hydrogen) atoms. The molecular formula is C21H28N2O4. The maximum atomic E-state index is 12.6. The van der Waals surface area contributed by atoms with E-state index in [0.29, 0.717) is 11.3 Å². The molecule has 1 saturated heterocycles. The highest BCUT2D eigenvalue weighted by Gasteiger charge is 2.38. The second-order valence-electron chi connectivity index (χ2n) is 8.72. The van der Waals surface area contributed by atoms with E-state index in [4.69, 9.17) is 9.15 Å². The smallest absolute Gasteiger partial charge is 0.336 e. The molecule has 2 heterocycles. The molecule has 0 spiro atoms. The van der Waals surface area contributed by atoms with Gasteiger partial charge in [-0.05, 0) is 65.7 Å². The van der Waals surface area contributed by atoms with E-state index in [2.05, 4.69) is 38.3 Å². The van der Waals surface area contributed by atoms with Crippen molar-refractivity contribution in [1.82, 2.24) is 10.6 Å². The van der Waals surface area contributed by atoms with Crippen molar-refractivity contribution in [2.24, 2.45) is 0 Å². The third-order valence-corrected chi connectivity index (χ3v) is 4.81. The molecule has 2 aromatic rings. The fraction of sp³-hybridized carbons (Fsp3) is 0.524. The van der Waals surface area contributed by atoms with Gasteiger partial charge in [0.2, 0.25) is 0 Å². The van der Waals surface area contributed by atoms with Crippen LogP contribution in [-0.4, -0.2) is 29.1 Å². The van der Waals surface area contributed by atoms with E-state index in [-0.39, 0.29) is 23.0 Å². The van der Waals surface area contributed by atoms with Crippen LogP contribution in [0.1, 0.15) is 47.5 Å². The first-order valence-corrected chi connectivity index (χ1v) is 9.33. The van der Waals surface area contributed by atoms with Gasteiger partial charge in [-0.15, -0.1) is 0 Å². The van der Waals surface area contributed by atoms with Crippen molar-refractivity contribution in [2.75, 3.05) is 0 Å². The Labute approximate surface area is 159 Å². The van der Waals surface area contributed by atoms with Gasteiger partial charge in [0.15, 0.2) is 6.10 Å². The lowest BCUT2D eigenvalue weighted by Gasteiger charge is -2.46. The van der Waals surface area contributed by atoms with E-state index in [0.717, 1.165) is 18.2 Å². The zero-order valence-corrected chi connectivity index (χ0v) is 16.6. The molecule has 2 N–H and O–H groups in total. The minimum absolute atomic E-state index is 0.0420. The van der Waals surface area contributed by atoms with Gasteiger partial charge < -0.3 is 19.8 Å². The summed E-state index contributed by atoms with van der Waals surface area (Å²) in [6.45, 7) is 10.3. The number of nitrogens with one attached hydrogen (secondary N) is 2. The van der Waals surface area contributed by atoms with Crippen LogP contribution < -0.4 is 21.0 Å². The van der Waals surface area contributed by atoms with Gasteiger partial charge in [-0.2, -0.15) is 0 Å². The van der Waals surface area contributed by atoms with Gasteiger partial charge in [0, 0.05) is 34.6 Å². The maximum absolute atomic E-state index is 12.6. The summed E-state index contributed by atoms with van der Waals surface area (Å²) >= 11 is 0. The van der Waals surface area contributed by atoms with Crippen LogP contribution in [0, 0.1) is 0 Å². The molecule has 0 saturated carbocycles. The fourth-order valence-corrected chi connectivity index (χ4v) is 4.11. The number of benzene rings is 1. The highest BCUT2D eigenvalue weighted by molar-refractivity contribution is 5.81. The van der Waals surface area contributed by atoms with Crippen molar-refractivity contribution in [3.05, 3.63) is 40.8 Å². The van der Waals surface area contributed by atoms with E-state index >= 15 is 0 Å². The standard InChI is InChI=1S/C21H28N2O4/c1-13(19(25)22-15-11-20(2,3)23-21(4,5)12-15)26-16-8-6-14-7-9-18(24)27-17(14)10-16/h6-10,13,15,23H,11-12H2,1-5H3,(H,22,25)/t13-/m1/s1. The molecule has 0 bridgehead atoms. The van der Waals surface area contributed by atoms with Crippen LogP contribution in [0.25, 0.3) is 11.0 Å². The molecule has 1 aromatic carbocycles. The summed E-state index contributed by atoms with van der Waals surface area (Å²) in [7, 11) is 0. The second-order valence-corrected chi connectivity index (χ2v) is 8.72. The third kappa shape index (κ3) is 4.89. The molecule has 0 radical (unpaired) electrons. The Morgan fingerprint density at radius 1 is 1.19 bits per heavy atom. The van der Waals surface area contributed by atoms with Crippen molar-refractivity contribution in [3.63, 3.8) is 0 Å². The van der Waals surface area contributed by atoms with Crippen molar-refractivity contribution in [1.29, 1.82) is 0 Å². The Kier molecular flexibility index (Phi) is 5.04. The molecule has 1 atom stereocenters. The number of carbonyl (C=O) groups is 1. The Bertz CT molecular complexity index is 884. The lowest BCUT2D eigenvalue weighted by atomic mass is 9.79. The zero-order valence-electron chi connectivity index (χ0n) is 16.6. The minimum atomic E-state index is -0.654. The van der Waals surface area contributed by atoms with Crippen LogP contribution in [-0.2, 0) is 4.79 Å². The molecule has 1 aliphatic heterocycles. The summed E-state index contributed by atoms with van der Waals surface area (Å²) in [6, 6.07) is 8.36. The fourth-order valence-electron chi connectivity index (χ4n) is 4.11. The van der Waals surface area contributed by atoms with Gasteiger partial charge in [0.25, 0.3) is 5.91 Å². The molecule has 6 nitrogen and oxygen atoms in total. The van der Waals surface area contributed by atoms with Crippen LogP contribution in [0.4, 0.5) is 0 Å². The molecule has 1 fully saturated rings. The minimum Gasteiger partial charge on any atom is -0.481 e. The average Bonchev–Trinajstić information content (AvgIpc) is 2.51. The highest BCUT2D eigenvalue weighted by Crippen LogP contribution is 2.28. The Hall–Kier alpha value is -2.34. The summed E-state index contributed by atoms with van der Waals surface area (Å²) in [5.41, 5.74) is -0.0599. The number of carbonyl (C=O) groups excluding carboxylic acids is 1. The molecular weight excluding hydrogens is 344 g/mol. The normalized spacial score (nSPS) is 20.2. The van der Waals surface area contributed by atoms with Gasteiger partial charge in [0.1, 0.15) is 11.3 Å². The first-order chi connectivity index (χ1) is 12.5. The van der Waals surface area contributed by atoms with Gasteiger partial charge in [0.05, 0.1) is 0 Å². The summed E-state index contributed by atoms with van der Waals surface area (Å²) in [5.74, 6) is 0.341. The predicted molar refractivity (Wildman–Crippen MR) is 105 cm³/mol. The van der Waals surface area contributed by atoms with Crippen molar-refractivity contribution >= 4 is 16.9 Å². The third-order valence-electron chi connectivity index (χ3n) is 4.81. The monoisotopic (exact) mass is 372 g/mol. The van der Waals surface area contributed by atoms with Crippen LogP contribution in [0.5, 0.6) is 5.75 Å². The lowest BCUT2D eigenvalue weighted by molar-refractivity contribution is -0.128. The Balaban J connectivity index is 1.66. The molecule has 0 aliphatic carbocycles.